The molecule has 1 heterocycles. The molecule has 1 aromatic heterocycles. The lowest BCUT2D eigenvalue weighted by atomic mass is 9.86. The summed E-state index contributed by atoms with van der Waals surface area (Å²) in [4.78, 5) is 19.5. The maximum absolute atomic E-state index is 11.9. The Morgan fingerprint density at radius 3 is 2.41 bits per heavy atom. The number of nitrogens with zero attached hydrogens (tertiary/aromatic N) is 2. The number of carbonyl (C=O) groups is 1. The number of amides is 1. The van der Waals surface area contributed by atoms with Crippen molar-refractivity contribution >= 4 is 17.5 Å². The summed E-state index contributed by atoms with van der Waals surface area (Å²) in [7, 11) is 0. The fourth-order valence-electron chi connectivity index (χ4n) is 0.952. The molecule has 6 heteroatoms. The van der Waals surface area contributed by atoms with Crippen LogP contribution in [-0.4, -0.2) is 32.1 Å². The zero-order valence-electron chi connectivity index (χ0n) is 10.3. The van der Waals surface area contributed by atoms with Crippen molar-refractivity contribution in [1.29, 1.82) is 0 Å². The van der Waals surface area contributed by atoms with Crippen molar-refractivity contribution in [2.75, 3.05) is 0 Å². The van der Waals surface area contributed by atoms with Gasteiger partial charge in [0.2, 0.25) is 0 Å². The molecule has 0 aliphatic rings. The first-order valence-electron chi connectivity index (χ1n) is 5.16. The summed E-state index contributed by atoms with van der Waals surface area (Å²) >= 11 is 5.65. The van der Waals surface area contributed by atoms with Gasteiger partial charge in [0.1, 0.15) is 10.8 Å². The van der Waals surface area contributed by atoms with Crippen LogP contribution in [0.1, 0.15) is 38.2 Å². The van der Waals surface area contributed by atoms with Crippen LogP contribution in [0.25, 0.3) is 0 Å². The Balaban J connectivity index is 2.87. The third kappa shape index (κ3) is 3.38. The molecule has 94 valence electrons. The molecule has 0 aromatic carbocycles. The Labute approximate surface area is 105 Å². The number of aliphatic hydroxyl groups is 1. The lowest BCUT2D eigenvalue weighted by Gasteiger charge is -2.37. The van der Waals surface area contributed by atoms with Crippen LogP contribution in [0.5, 0.6) is 0 Å². The van der Waals surface area contributed by atoms with Gasteiger partial charge in [0.25, 0.3) is 5.91 Å². The zero-order valence-corrected chi connectivity index (χ0v) is 11.0. The van der Waals surface area contributed by atoms with Crippen molar-refractivity contribution in [2.24, 2.45) is 0 Å². The molecule has 17 heavy (non-hydrogen) atoms. The van der Waals surface area contributed by atoms with Crippen molar-refractivity contribution in [3.8, 4) is 0 Å². The highest BCUT2D eigenvalue weighted by molar-refractivity contribution is 6.29. The molecule has 1 amide bonds. The average molecular weight is 258 g/mol. The van der Waals surface area contributed by atoms with Crippen molar-refractivity contribution in [2.45, 2.75) is 38.8 Å². The van der Waals surface area contributed by atoms with Gasteiger partial charge in [-0.05, 0) is 27.7 Å². The molecule has 0 atom stereocenters. The Morgan fingerprint density at radius 2 is 1.94 bits per heavy atom. The van der Waals surface area contributed by atoms with Gasteiger partial charge in [-0.25, -0.2) is 4.98 Å². The van der Waals surface area contributed by atoms with Crippen molar-refractivity contribution in [3.63, 3.8) is 0 Å². The molecule has 1 aromatic rings. The molecule has 0 radical (unpaired) electrons. The van der Waals surface area contributed by atoms with E-state index in [1.807, 2.05) is 0 Å². The minimum atomic E-state index is -1.06. The van der Waals surface area contributed by atoms with Gasteiger partial charge >= 0.3 is 0 Å². The number of hydrogen-bond donors (Lipinski definition) is 2. The molecular formula is C11H16ClN3O2. The minimum Gasteiger partial charge on any atom is -0.388 e. The first-order valence-corrected chi connectivity index (χ1v) is 5.54. The summed E-state index contributed by atoms with van der Waals surface area (Å²) < 4.78 is 0. The summed E-state index contributed by atoms with van der Waals surface area (Å²) in [6.07, 6.45) is 2.67. The highest BCUT2D eigenvalue weighted by Gasteiger charge is 2.36. The molecule has 5 nitrogen and oxygen atoms in total. The lowest BCUT2D eigenvalue weighted by Crippen LogP contribution is -2.57. The molecule has 0 fully saturated rings. The van der Waals surface area contributed by atoms with Crippen LogP contribution in [0.2, 0.25) is 5.15 Å². The van der Waals surface area contributed by atoms with Crippen LogP contribution in [0, 0.1) is 0 Å². The standard InChI is InChI=1S/C11H16ClN3O2/c1-10(2,11(3,4)17)15-9(16)7-5-13-6-8(12)14-7/h5-6,17H,1-4H3,(H,15,16). The minimum absolute atomic E-state index is 0.120. The Bertz CT molecular complexity index is 427. The number of aromatic nitrogens is 2. The van der Waals surface area contributed by atoms with E-state index in [2.05, 4.69) is 15.3 Å². The molecular weight excluding hydrogens is 242 g/mol. The van der Waals surface area contributed by atoms with Gasteiger partial charge in [0.05, 0.1) is 23.5 Å². The zero-order chi connectivity index (χ0) is 13.3. The van der Waals surface area contributed by atoms with Crippen LogP contribution in [0.4, 0.5) is 0 Å². The Kier molecular flexibility index (Phi) is 3.74. The summed E-state index contributed by atoms with van der Waals surface area (Å²) in [6.45, 7) is 6.69. The maximum atomic E-state index is 11.9. The number of halogens is 1. The molecule has 0 unspecified atom stereocenters. The van der Waals surface area contributed by atoms with E-state index < -0.39 is 17.0 Å². The first kappa shape index (κ1) is 13.9. The lowest BCUT2D eigenvalue weighted by molar-refractivity contribution is -0.00303. The average Bonchev–Trinajstić information content (AvgIpc) is 2.15. The van der Waals surface area contributed by atoms with Gasteiger partial charge in [-0.15, -0.1) is 0 Å². The molecule has 0 bridgehead atoms. The predicted octanol–water partition coefficient (Wildman–Crippen LogP) is 1.41. The summed E-state index contributed by atoms with van der Waals surface area (Å²) in [6, 6.07) is 0. The third-order valence-corrected chi connectivity index (χ3v) is 2.98. The Morgan fingerprint density at radius 1 is 1.35 bits per heavy atom. The van der Waals surface area contributed by atoms with E-state index in [-0.39, 0.29) is 10.8 Å². The quantitative estimate of drug-likeness (QED) is 0.859. The fraction of sp³-hybridized carbons (Fsp3) is 0.545. The monoisotopic (exact) mass is 257 g/mol. The van der Waals surface area contributed by atoms with E-state index in [0.29, 0.717) is 0 Å². The number of hydrogen-bond acceptors (Lipinski definition) is 4. The topological polar surface area (TPSA) is 75.1 Å². The summed E-state index contributed by atoms with van der Waals surface area (Å²) in [5, 5.41) is 12.8. The first-order chi connectivity index (χ1) is 7.63. The van der Waals surface area contributed by atoms with Gasteiger partial charge in [0, 0.05) is 0 Å². The van der Waals surface area contributed by atoms with Gasteiger partial charge in [0.15, 0.2) is 0 Å². The highest BCUT2D eigenvalue weighted by Crippen LogP contribution is 2.20. The van der Waals surface area contributed by atoms with E-state index in [0.717, 1.165) is 0 Å². The van der Waals surface area contributed by atoms with Crippen LogP contribution in [0.15, 0.2) is 12.4 Å². The molecule has 1 rings (SSSR count). The van der Waals surface area contributed by atoms with Gasteiger partial charge in [-0.3, -0.25) is 9.78 Å². The van der Waals surface area contributed by atoms with Gasteiger partial charge in [-0.1, -0.05) is 11.6 Å². The smallest absolute Gasteiger partial charge is 0.272 e. The largest absolute Gasteiger partial charge is 0.388 e. The number of carbonyl (C=O) groups excluding carboxylic acids is 1. The molecule has 0 saturated heterocycles. The van der Waals surface area contributed by atoms with Crippen molar-refractivity contribution in [1.82, 2.24) is 15.3 Å². The Hall–Kier alpha value is -1.20. The maximum Gasteiger partial charge on any atom is 0.272 e. The SMILES string of the molecule is CC(C)(O)C(C)(C)NC(=O)c1cncc(Cl)n1. The van der Waals surface area contributed by atoms with Crippen LogP contribution >= 0.6 is 11.6 Å². The number of nitrogens with one attached hydrogen (secondary N) is 1. The number of rotatable bonds is 3. The van der Waals surface area contributed by atoms with Gasteiger partial charge < -0.3 is 10.4 Å². The molecule has 0 aliphatic heterocycles. The molecule has 0 saturated carbocycles. The van der Waals surface area contributed by atoms with E-state index >= 15 is 0 Å². The van der Waals surface area contributed by atoms with Crippen LogP contribution in [0.3, 0.4) is 0 Å². The second-order valence-corrected chi connectivity index (χ2v) is 5.25. The van der Waals surface area contributed by atoms with Crippen molar-refractivity contribution in [3.05, 3.63) is 23.2 Å². The van der Waals surface area contributed by atoms with Gasteiger partial charge in [-0.2, -0.15) is 0 Å². The van der Waals surface area contributed by atoms with E-state index in [1.165, 1.54) is 12.4 Å². The van der Waals surface area contributed by atoms with Crippen LogP contribution < -0.4 is 5.32 Å². The second kappa shape index (κ2) is 4.58. The predicted molar refractivity (Wildman–Crippen MR) is 64.9 cm³/mol. The molecule has 2 N–H and O–H groups in total. The van der Waals surface area contributed by atoms with Crippen LogP contribution in [-0.2, 0) is 0 Å². The van der Waals surface area contributed by atoms with E-state index in [1.54, 1.807) is 27.7 Å². The van der Waals surface area contributed by atoms with Crippen molar-refractivity contribution < 1.29 is 9.90 Å². The van der Waals surface area contributed by atoms with E-state index in [4.69, 9.17) is 11.6 Å². The summed E-state index contributed by atoms with van der Waals surface area (Å²) in [5.41, 5.74) is -1.74. The molecule has 0 aliphatic carbocycles. The second-order valence-electron chi connectivity index (χ2n) is 4.87. The highest BCUT2D eigenvalue weighted by atomic mass is 35.5. The summed E-state index contributed by atoms with van der Waals surface area (Å²) in [5.74, 6) is -0.424. The van der Waals surface area contributed by atoms with E-state index in [9.17, 15) is 9.90 Å². The molecule has 0 spiro atoms. The fourth-order valence-corrected chi connectivity index (χ4v) is 1.10. The normalized spacial score (nSPS) is 12.4. The third-order valence-electron chi connectivity index (χ3n) is 2.79.